The number of carbonyl (C=O) groups excluding carboxylic acids is 3. The molecule has 2 bridgehead atoms. The maximum absolute atomic E-state index is 14.6. The molecule has 11 nitrogen and oxygen atoms in total. The fourth-order valence-electron chi connectivity index (χ4n) is 6.84. The SMILES string of the molecule is COc1ccc(N2C(=O)NC(=O)C(Cc3ccc(OC)c(OC)c3)(CN3C[C@H]4C[C@H](C3)c3cccc(=O)n3C4)C2=O)cc1. The van der Waals surface area contributed by atoms with Crippen LogP contribution in [-0.2, 0) is 22.6 Å². The number of hydrogen-bond acceptors (Lipinski definition) is 8. The Morgan fingerprint density at radius 1 is 0.860 bits per heavy atom. The topological polar surface area (TPSA) is 119 Å². The lowest BCUT2D eigenvalue weighted by molar-refractivity contribution is -0.144. The van der Waals surface area contributed by atoms with Crippen LogP contribution < -0.4 is 30.0 Å². The number of ether oxygens (including phenoxy) is 3. The molecule has 2 aromatic carbocycles. The molecule has 43 heavy (non-hydrogen) atoms. The van der Waals surface area contributed by atoms with Crippen molar-refractivity contribution < 1.29 is 28.6 Å². The van der Waals surface area contributed by atoms with Gasteiger partial charge in [0.05, 0.1) is 27.0 Å². The predicted octanol–water partition coefficient (Wildman–Crippen LogP) is 2.81. The van der Waals surface area contributed by atoms with Crippen molar-refractivity contribution in [3.8, 4) is 17.2 Å². The number of urea groups is 1. The third-order valence-electron chi connectivity index (χ3n) is 8.80. The van der Waals surface area contributed by atoms with E-state index < -0.39 is 23.3 Å². The Kier molecular flexibility index (Phi) is 7.43. The Balaban J connectivity index is 1.39. The first-order chi connectivity index (χ1) is 20.8. The first-order valence-corrected chi connectivity index (χ1v) is 14.2. The second kappa shape index (κ2) is 11.2. The van der Waals surface area contributed by atoms with E-state index in [9.17, 15) is 19.2 Å². The molecule has 1 aromatic heterocycles. The second-order valence-electron chi connectivity index (χ2n) is 11.4. The van der Waals surface area contributed by atoms with Gasteiger partial charge in [-0.2, -0.15) is 0 Å². The van der Waals surface area contributed by atoms with Crippen molar-refractivity contribution in [1.82, 2.24) is 14.8 Å². The van der Waals surface area contributed by atoms with E-state index in [-0.39, 0.29) is 30.4 Å². The first kappa shape index (κ1) is 28.5. The Morgan fingerprint density at radius 2 is 1.63 bits per heavy atom. The van der Waals surface area contributed by atoms with Crippen LogP contribution >= 0.6 is 0 Å². The molecule has 3 aliphatic heterocycles. The van der Waals surface area contributed by atoms with Crippen LogP contribution in [0, 0.1) is 11.3 Å². The fraction of sp³-hybridized carbons (Fsp3) is 0.375. The van der Waals surface area contributed by atoms with E-state index in [1.54, 1.807) is 54.6 Å². The molecule has 0 radical (unpaired) electrons. The van der Waals surface area contributed by atoms with Crippen LogP contribution in [0.1, 0.15) is 23.6 Å². The number of carbonyl (C=O) groups is 3. The van der Waals surface area contributed by atoms with E-state index in [0.717, 1.165) is 17.0 Å². The quantitative estimate of drug-likeness (QED) is 0.401. The van der Waals surface area contributed by atoms with Crippen molar-refractivity contribution in [2.45, 2.75) is 25.3 Å². The summed E-state index contributed by atoms with van der Waals surface area (Å²) in [5, 5.41) is 2.48. The Labute approximate surface area is 248 Å². The minimum atomic E-state index is -1.63. The third kappa shape index (κ3) is 5.03. The van der Waals surface area contributed by atoms with Gasteiger partial charge in [-0.1, -0.05) is 12.1 Å². The lowest BCUT2D eigenvalue weighted by Gasteiger charge is -2.47. The molecule has 3 aromatic rings. The number of methoxy groups -OCH3 is 3. The minimum absolute atomic E-state index is 0.0129. The average Bonchev–Trinajstić information content (AvgIpc) is 3.01. The summed E-state index contributed by atoms with van der Waals surface area (Å²) in [7, 11) is 4.59. The summed E-state index contributed by atoms with van der Waals surface area (Å²) in [6, 6.07) is 16.4. The van der Waals surface area contributed by atoms with Crippen molar-refractivity contribution in [2.24, 2.45) is 11.3 Å². The minimum Gasteiger partial charge on any atom is -0.497 e. The number of benzene rings is 2. The number of barbiturate groups is 1. The highest BCUT2D eigenvalue weighted by Crippen LogP contribution is 2.40. The van der Waals surface area contributed by atoms with Gasteiger partial charge in [-0.3, -0.25) is 19.7 Å². The van der Waals surface area contributed by atoms with Crippen LogP contribution in [0.5, 0.6) is 17.2 Å². The van der Waals surface area contributed by atoms with Crippen LogP contribution in [0.4, 0.5) is 10.5 Å². The number of likely N-dealkylation sites (tertiary alicyclic amines) is 1. The molecule has 1 N–H and O–H groups in total. The van der Waals surface area contributed by atoms with Gasteiger partial charge in [0.2, 0.25) is 5.91 Å². The number of anilines is 1. The van der Waals surface area contributed by atoms with Gasteiger partial charge in [0, 0.05) is 43.9 Å². The molecular formula is C32H34N4O7. The molecule has 1 unspecified atom stereocenters. The number of nitrogens with zero attached hydrogens (tertiary/aromatic N) is 3. The van der Waals surface area contributed by atoms with Crippen LogP contribution in [0.2, 0.25) is 0 Å². The number of fused-ring (bicyclic) bond motifs is 4. The zero-order valence-corrected chi connectivity index (χ0v) is 24.4. The first-order valence-electron chi connectivity index (χ1n) is 14.2. The lowest BCUT2D eigenvalue weighted by Crippen LogP contribution is -2.68. The number of rotatable bonds is 8. The Morgan fingerprint density at radius 3 is 2.35 bits per heavy atom. The zero-order valence-electron chi connectivity index (χ0n) is 24.4. The van der Waals surface area contributed by atoms with Gasteiger partial charge in [-0.05, 0) is 66.8 Å². The maximum Gasteiger partial charge on any atom is 0.335 e. The van der Waals surface area contributed by atoms with Gasteiger partial charge in [0.25, 0.3) is 11.5 Å². The molecule has 0 spiro atoms. The number of hydrogen-bond donors (Lipinski definition) is 1. The highest BCUT2D eigenvalue weighted by atomic mass is 16.5. The van der Waals surface area contributed by atoms with Crippen molar-refractivity contribution in [2.75, 3.05) is 45.9 Å². The summed E-state index contributed by atoms with van der Waals surface area (Å²) in [4.78, 5) is 57.4. The molecule has 4 heterocycles. The van der Waals surface area contributed by atoms with Crippen LogP contribution in [-0.4, -0.2) is 68.3 Å². The van der Waals surface area contributed by atoms with Gasteiger partial charge >= 0.3 is 6.03 Å². The zero-order chi connectivity index (χ0) is 30.3. The molecule has 0 saturated carbocycles. The highest BCUT2D eigenvalue weighted by molar-refractivity contribution is 6.30. The molecule has 224 valence electrons. The molecule has 11 heteroatoms. The Bertz CT molecular complexity index is 1640. The van der Waals surface area contributed by atoms with E-state index in [2.05, 4.69) is 10.2 Å². The number of piperidine rings is 1. The van der Waals surface area contributed by atoms with Crippen molar-refractivity contribution >= 4 is 23.5 Å². The molecule has 2 fully saturated rings. The number of amides is 4. The number of nitrogens with one attached hydrogen (secondary N) is 1. The van der Waals surface area contributed by atoms with E-state index in [4.69, 9.17) is 14.2 Å². The highest BCUT2D eigenvalue weighted by Gasteiger charge is 2.56. The van der Waals surface area contributed by atoms with E-state index in [0.29, 0.717) is 48.1 Å². The monoisotopic (exact) mass is 586 g/mol. The molecule has 2 saturated heterocycles. The third-order valence-corrected chi connectivity index (χ3v) is 8.80. The predicted molar refractivity (Wildman–Crippen MR) is 158 cm³/mol. The van der Waals surface area contributed by atoms with Crippen molar-refractivity contribution in [3.63, 3.8) is 0 Å². The van der Waals surface area contributed by atoms with Crippen LogP contribution in [0.15, 0.2) is 65.5 Å². The van der Waals surface area contributed by atoms with Crippen molar-refractivity contribution in [3.05, 3.63) is 82.3 Å². The number of pyridine rings is 1. The van der Waals surface area contributed by atoms with E-state index in [1.165, 1.54) is 21.3 Å². The molecule has 6 rings (SSSR count). The molecule has 0 aliphatic carbocycles. The van der Waals surface area contributed by atoms with Gasteiger partial charge in [0.1, 0.15) is 11.2 Å². The number of aromatic nitrogens is 1. The summed E-state index contributed by atoms with van der Waals surface area (Å²) < 4.78 is 18.0. The van der Waals surface area contributed by atoms with Crippen LogP contribution in [0.3, 0.4) is 0 Å². The maximum atomic E-state index is 14.6. The Hall–Kier alpha value is -4.64. The largest absolute Gasteiger partial charge is 0.497 e. The summed E-state index contributed by atoms with van der Waals surface area (Å²) in [5.74, 6) is 0.582. The molecule has 3 atom stereocenters. The average molecular weight is 587 g/mol. The standard InChI is InChI=1S/C32H34N4O7/c1-41-24-10-8-23(9-11-24)36-30(39)32(29(38)33-31(36)40,15-20-7-12-26(42-2)27(14-20)43-3)19-34-16-21-13-22(18-34)25-5-4-6-28(37)35(25)17-21/h4-12,14,21-22H,13,15-19H2,1-3H3,(H,33,38,40)/t21-,22-,32?/m1/s1. The smallest absolute Gasteiger partial charge is 0.335 e. The fourth-order valence-corrected chi connectivity index (χ4v) is 6.84. The van der Waals surface area contributed by atoms with Gasteiger partial charge in [0.15, 0.2) is 11.5 Å². The summed E-state index contributed by atoms with van der Waals surface area (Å²) >= 11 is 0. The van der Waals surface area contributed by atoms with E-state index in [1.807, 2.05) is 10.6 Å². The summed E-state index contributed by atoms with van der Waals surface area (Å²) in [5.41, 5.74) is 0.337. The normalized spacial score (nSPS) is 23.4. The van der Waals surface area contributed by atoms with Crippen molar-refractivity contribution in [1.29, 1.82) is 0 Å². The second-order valence-corrected chi connectivity index (χ2v) is 11.4. The van der Waals surface area contributed by atoms with Gasteiger partial charge < -0.3 is 23.7 Å². The van der Waals surface area contributed by atoms with Crippen LogP contribution in [0.25, 0.3) is 0 Å². The summed E-state index contributed by atoms with van der Waals surface area (Å²) in [6.07, 6.45) is 0.957. The van der Waals surface area contributed by atoms with Gasteiger partial charge in [-0.15, -0.1) is 0 Å². The lowest BCUT2D eigenvalue weighted by atomic mass is 9.75. The van der Waals surface area contributed by atoms with Gasteiger partial charge in [-0.25, -0.2) is 9.69 Å². The van der Waals surface area contributed by atoms with E-state index >= 15 is 0 Å². The molecular weight excluding hydrogens is 552 g/mol. The summed E-state index contributed by atoms with van der Waals surface area (Å²) in [6.45, 7) is 1.87. The molecule has 4 amide bonds. The number of imide groups is 2. The molecule has 3 aliphatic rings.